The number of benzene rings is 3. The molecule has 0 spiro atoms. The highest BCUT2D eigenvalue weighted by molar-refractivity contribution is 5.76. The van der Waals surface area contributed by atoms with Gasteiger partial charge in [-0.3, -0.25) is 0 Å². The van der Waals surface area contributed by atoms with E-state index in [-0.39, 0.29) is 11.8 Å². The van der Waals surface area contributed by atoms with Crippen molar-refractivity contribution in [1.29, 1.82) is 0 Å². The number of halogens is 3. The van der Waals surface area contributed by atoms with E-state index in [1.165, 1.54) is 17.7 Å². The monoisotopic (exact) mass is 429 g/mol. The maximum atomic E-state index is 12.5. The van der Waals surface area contributed by atoms with Crippen LogP contribution in [0, 0.1) is 0 Å². The number of methoxy groups -OCH3 is 1. The molecule has 4 rings (SSSR count). The summed E-state index contributed by atoms with van der Waals surface area (Å²) >= 11 is 0. The number of rotatable bonds is 4. The number of fused-ring (bicyclic) bond motifs is 1. The fraction of sp³-hybridized carbons (Fsp3) is 0.280. The minimum absolute atomic E-state index is 0.0835. The van der Waals surface area contributed by atoms with Crippen LogP contribution < -0.4 is 14.8 Å². The zero-order valence-corrected chi connectivity index (χ0v) is 17.8. The number of ether oxygens (including phenoxy) is 2. The lowest BCUT2D eigenvalue weighted by atomic mass is 9.88. The van der Waals surface area contributed by atoms with E-state index in [1.807, 2.05) is 56.3 Å². The van der Waals surface area contributed by atoms with Gasteiger partial charge in [0.15, 0.2) is 0 Å². The summed E-state index contributed by atoms with van der Waals surface area (Å²) < 4.78 is 47.0. The van der Waals surface area contributed by atoms with Crippen LogP contribution in [0.2, 0.25) is 0 Å². The van der Waals surface area contributed by atoms with E-state index >= 15 is 0 Å². The largest absolute Gasteiger partial charge is 0.573 e. The van der Waals surface area contributed by atoms with Crippen molar-refractivity contribution in [3.8, 4) is 22.6 Å². The summed E-state index contributed by atoms with van der Waals surface area (Å²) in [7, 11) is 1.64. The normalized spacial score (nSPS) is 15.1. The third-order valence-corrected chi connectivity index (χ3v) is 5.06. The minimum atomic E-state index is -4.70. The van der Waals surface area contributed by atoms with Crippen LogP contribution in [0.3, 0.4) is 0 Å². The van der Waals surface area contributed by atoms with Gasteiger partial charge in [0.25, 0.3) is 0 Å². The first-order valence-electron chi connectivity index (χ1n) is 10.3. The van der Waals surface area contributed by atoms with Gasteiger partial charge >= 0.3 is 6.36 Å². The van der Waals surface area contributed by atoms with E-state index < -0.39 is 6.36 Å². The van der Waals surface area contributed by atoms with Crippen molar-refractivity contribution in [2.75, 3.05) is 12.4 Å². The second-order valence-corrected chi connectivity index (χ2v) is 6.92. The molecule has 0 radical (unpaired) electrons. The van der Waals surface area contributed by atoms with Crippen LogP contribution in [0.5, 0.6) is 11.5 Å². The van der Waals surface area contributed by atoms with Crippen molar-refractivity contribution >= 4 is 5.69 Å². The Morgan fingerprint density at radius 1 is 0.903 bits per heavy atom. The summed E-state index contributed by atoms with van der Waals surface area (Å²) in [5, 5.41) is 3.47. The lowest BCUT2D eigenvalue weighted by Gasteiger charge is -2.29. The molecule has 0 saturated carbocycles. The van der Waals surface area contributed by atoms with E-state index in [0.29, 0.717) is 0 Å². The Bertz CT molecular complexity index is 1020. The summed E-state index contributed by atoms with van der Waals surface area (Å²) in [5.74, 6) is 0.593. The molecule has 0 bridgehead atoms. The molecular weight excluding hydrogens is 403 g/mol. The summed E-state index contributed by atoms with van der Waals surface area (Å²) in [6.07, 6.45) is -3.12. The summed E-state index contributed by atoms with van der Waals surface area (Å²) in [5.41, 5.74) is 5.15. The van der Waals surface area contributed by atoms with Gasteiger partial charge in [-0.15, -0.1) is 13.2 Å². The Balaban J connectivity index is 0.00000132. The summed E-state index contributed by atoms with van der Waals surface area (Å²) in [4.78, 5) is 0. The molecule has 0 amide bonds. The number of anilines is 1. The van der Waals surface area contributed by atoms with Crippen LogP contribution in [0.4, 0.5) is 18.9 Å². The third kappa shape index (κ3) is 5.51. The first kappa shape index (κ1) is 22.5. The molecule has 1 unspecified atom stereocenters. The molecule has 3 aromatic carbocycles. The second-order valence-electron chi connectivity index (χ2n) is 6.92. The van der Waals surface area contributed by atoms with Gasteiger partial charge in [-0.25, -0.2) is 0 Å². The van der Waals surface area contributed by atoms with Crippen molar-refractivity contribution in [2.45, 2.75) is 39.1 Å². The van der Waals surface area contributed by atoms with Crippen LogP contribution in [-0.2, 0) is 6.42 Å². The molecule has 164 valence electrons. The minimum Gasteiger partial charge on any atom is -0.497 e. The molecule has 1 heterocycles. The predicted molar refractivity (Wildman–Crippen MR) is 118 cm³/mol. The molecule has 6 heteroatoms. The molecule has 1 aliphatic heterocycles. The molecule has 1 aliphatic rings. The topological polar surface area (TPSA) is 30.5 Å². The fourth-order valence-electron chi connectivity index (χ4n) is 3.78. The zero-order chi connectivity index (χ0) is 22.4. The third-order valence-electron chi connectivity index (χ3n) is 5.06. The number of nitrogens with one attached hydrogen (secondary N) is 1. The highest BCUT2D eigenvalue weighted by Gasteiger charge is 2.31. The van der Waals surface area contributed by atoms with Crippen LogP contribution in [-0.4, -0.2) is 13.5 Å². The van der Waals surface area contributed by atoms with Gasteiger partial charge in [-0.2, -0.15) is 0 Å². The van der Waals surface area contributed by atoms with Crippen LogP contribution in [0.15, 0.2) is 66.7 Å². The second kappa shape index (κ2) is 9.77. The van der Waals surface area contributed by atoms with Crippen LogP contribution in [0.1, 0.15) is 37.4 Å². The zero-order valence-electron chi connectivity index (χ0n) is 17.8. The fourth-order valence-corrected chi connectivity index (χ4v) is 3.78. The molecule has 1 atom stereocenters. The van der Waals surface area contributed by atoms with E-state index in [4.69, 9.17) is 4.74 Å². The van der Waals surface area contributed by atoms with Gasteiger partial charge in [-0.1, -0.05) is 50.2 Å². The van der Waals surface area contributed by atoms with Crippen molar-refractivity contribution in [3.63, 3.8) is 0 Å². The first-order valence-corrected chi connectivity index (χ1v) is 10.3. The number of alkyl halides is 3. The van der Waals surface area contributed by atoms with E-state index in [1.54, 1.807) is 13.2 Å². The van der Waals surface area contributed by atoms with E-state index in [0.717, 1.165) is 41.0 Å². The van der Waals surface area contributed by atoms with Crippen molar-refractivity contribution in [2.24, 2.45) is 0 Å². The molecule has 31 heavy (non-hydrogen) atoms. The Labute approximate surface area is 180 Å². The molecule has 0 aromatic heterocycles. The first-order chi connectivity index (χ1) is 14.9. The van der Waals surface area contributed by atoms with Crippen LogP contribution >= 0.6 is 0 Å². The Kier molecular flexibility index (Phi) is 7.10. The Morgan fingerprint density at radius 2 is 1.61 bits per heavy atom. The lowest BCUT2D eigenvalue weighted by Crippen LogP contribution is -2.20. The van der Waals surface area contributed by atoms with Crippen molar-refractivity contribution in [1.82, 2.24) is 0 Å². The number of hydrogen-bond acceptors (Lipinski definition) is 3. The Morgan fingerprint density at radius 3 is 2.35 bits per heavy atom. The molecule has 3 aromatic rings. The van der Waals surface area contributed by atoms with Crippen molar-refractivity contribution in [3.05, 3.63) is 77.9 Å². The van der Waals surface area contributed by atoms with E-state index in [2.05, 4.69) is 16.1 Å². The highest BCUT2D eigenvalue weighted by atomic mass is 19.4. The van der Waals surface area contributed by atoms with Gasteiger partial charge in [0, 0.05) is 5.69 Å². The van der Waals surface area contributed by atoms with Crippen molar-refractivity contribution < 1.29 is 22.6 Å². The van der Waals surface area contributed by atoms with Gasteiger partial charge < -0.3 is 14.8 Å². The summed E-state index contributed by atoms with van der Waals surface area (Å²) in [6, 6.07) is 20.0. The smallest absolute Gasteiger partial charge is 0.497 e. The maximum absolute atomic E-state index is 12.5. The Hall–Kier alpha value is -3.15. The highest BCUT2D eigenvalue weighted by Crippen LogP contribution is 2.39. The average molecular weight is 429 g/mol. The quantitative estimate of drug-likeness (QED) is 0.469. The number of hydrogen-bond donors (Lipinski definition) is 1. The van der Waals surface area contributed by atoms with Gasteiger partial charge in [-0.05, 0) is 65.4 Å². The van der Waals surface area contributed by atoms with Crippen LogP contribution in [0.25, 0.3) is 11.1 Å². The molecule has 0 saturated heterocycles. The standard InChI is InChI=1S/C23H20F3NO2.C2H6/c1-28-17-7-2-5-15(13-17)19-9-4-10-22-20(19)11-12-21(27-22)16-6-3-8-18(14-16)29-23(24,25)26;1-2/h2-10,13-14,21,27H,11-12H2,1H3;1-2H3. The maximum Gasteiger partial charge on any atom is 0.573 e. The lowest BCUT2D eigenvalue weighted by molar-refractivity contribution is -0.274. The molecule has 0 fully saturated rings. The van der Waals surface area contributed by atoms with Gasteiger partial charge in [0.05, 0.1) is 13.2 Å². The summed E-state index contributed by atoms with van der Waals surface area (Å²) in [6.45, 7) is 4.00. The molecule has 0 aliphatic carbocycles. The van der Waals surface area contributed by atoms with Gasteiger partial charge in [0.1, 0.15) is 11.5 Å². The SMILES string of the molecule is CC.COc1cccc(-c2cccc3c2CCC(c2cccc(OC(F)(F)F)c2)N3)c1. The molecule has 1 N–H and O–H groups in total. The van der Waals surface area contributed by atoms with E-state index in [9.17, 15) is 13.2 Å². The molecular formula is C25H26F3NO2. The molecule has 3 nitrogen and oxygen atoms in total. The predicted octanol–water partition coefficient (Wildman–Crippen LogP) is 7.39. The average Bonchev–Trinajstić information content (AvgIpc) is 2.78. The van der Waals surface area contributed by atoms with Gasteiger partial charge in [0.2, 0.25) is 0 Å².